The van der Waals surface area contributed by atoms with Gasteiger partial charge in [0, 0.05) is 0 Å². The van der Waals surface area contributed by atoms with Gasteiger partial charge in [-0.3, -0.25) is 0 Å². The molecule has 58 heavy (non-hydrogen) atoms. The molecule has 0 amide bonds. The summed E-state index contributed by atoms with van der Waals surface area (Å²) in [5.41, 5.74) is 0.277. The molecule has 0 radical (unpaired) electrons. The Labute approximate surface area is 335 Å². The molecule has 9 aromatic carbocycles. The highest BCUT2D eigenvalue weighted by Gasteiger charge is 2.23. The molecule has 7 heteroatoms. The Morgan fingerprint density at radius 3 is 0.862 bits per heavy atom. The zero-order chi connectivity index (χ0) is 39.3. The van der Waals surface area contributed by atoms with Crippen molar-refractivity contribution in [3.63, 3.8) is 0 Å². The lowest BCUT2D eigenvalue weighted by Crippen LogP contribution is -2.07. The van der Waals surface area contributed by atoms with Crippen molar-refractivity contribution in [1.82, 2.24) is 0 Å². The fraction of sp³-hybridized carbons (Fsp3) is 0.0392. The van der Waals surface area contributed by atoms with Crippen LogP contribution in [-0.2, 0) is 4.74 Å². The lowest BCUT2D eigenvalue weighted by atomic mass is 9.92. The van der Waals surface area contributed by atoms with E-state index >= 15 is 0 Å². The first-order valence-electron chi connectivity index (χ1n) is 19.0. The molecule has 0 aliphatic carbocycles. The van der Waals surface area contributed by atoms with Crippen LogP contribution < -0.4 is 23.7 Å². The Bertz CT molecular complexity index is 2790. The van der Waals surface area contributed by atoms with Crippen LogP contribution in [0.15, 0.2) is 188 Å². The monoisotopic (exact) mass is 760 g/mol. The second-order valence-corrected chi connectivity index (χ2v) is 13.4. The Kier molecular flexibility index (Phi) is 9.99. The number of esters is 1. The van der Waals surface area contributed by atoms with Crippen LogP contribution in [0.1, 0.15) is 17.3 Å². The fourth-order valence-corrected chi connectivity index (χ4v) is 6.89. The van der Waals surface area contributed by atoms with Crippen LogP contribution in [0, 0.1) is 0 Å². The summed E-state index contributed by atoms with van der Waals surface area (Å²) >= 11 is 0. The number of para-hydroxylation sites is 5. The molecule has 0 saturated carbocycles. The third-order valence-electron chi connectivity index (χ3n) is 9.51. The van der Waals surface area contributed by atoms with Crippen LogP contribution in [0.2, 0.25) is 0 Å². The summed E-state index contributed by atoms with van der Waals surface area (Å²) in [6.07, 6.45) is 0. The van der Waals surface area contributed by atoms with E-state index < -0.39 is 5.97 Å². The molecular formula is C51H36O7. The SMILES string of the molecule is CCOC(=O)c1cc2c3cc(Oc4ccccc4)c(Oc4ccccc4)cc3c3cc(Oc4ccccc4)c(Oc4ccccc4)cc3c2cc1Oc1ccccc1. The molecule has 9 aromatic rings. The molecule has 0 atom stereocenters. The maximum Gasteiger partial charge on any atom is 0.341 e. The minimum Gasteiger partial charge on any atom is -0.462 e. The van der Waals surface area contributed by atoms with Gasteiger partial charge in [0.25, 0.3) is 0 Å². The number of carbonyl (C=O) groups is 1. The lowest BCUT2D eigenvalue weighted by molar-refractivity contribution is 0.0523. The molecule has 0 aliphatic heterocycles. The average Bonchev–Trinajstić information content (AvgIpc) is 3.26. The zero-order valence-electron chi connectivity index (χ0n) is 31.5. The molecule has 282 valence electrons. The standard InChI is InChI=1S/C51H36O7/c1-2-53-51(52)45-28-39-40(29-46(45)54-34-18-8-3-9-19-34)42-31-48(56-36-22-12-5-13-23-36)50(58-38-26-16-7-17-27-38)33-44(42)43-32-49(57-37-24-14-6-15-25-37)47(30-41(39)43)55-35-20-10-4-11-21-35/h3-33H,2H2,1H3. The molecule has 0 heterocycles. The van der Waals surface area contributed by atoms with Gasteiger partial charge >= 0.3 is 5.97 Å². The molecule has 0 saturated heterocycles. The van der Waals surface area contributed by atoms with Gasteiger partial charge in [0.2, 0.25) is 0 Å². The number of hydrogen-bond donors (Lipinski definition) is 0. The number of rotatable bonds is 12. The van der Waals surface area contributed by atoms with E-state index in [1.807, 2.05) is 188 Å². The van der Waals surface area contributed by atoms with Crippen molar-refractivity contribution in [1.29, 1.82) is 0 Å². The van der Waals surface area contributed by atoms with Crippen molar-refractivity contribution in [3.05, 3.63) is 194 Å². The smallest absolute Gasteiger partial charge is 0.341 e. The van der Waals surface area contributed by atoms with Gasteiger partial charge in [0.05, 0.1) is 6.61 Å². The third kappa shape index (κ3) is 7.57. The van der Waals surface area contributed by atoms with Crippen molar-refractivity contribution in [2.24, 2.45) is 0 Å². The molecule has 7 nitrogen and oxygen atoms in total. The molecule has 0 bridgehead atoms. The van der Waals surface area contributed by atoms with Gasteiger partial charge in [-0.25, -0.2) is 4.79 Å². The minimum atomic E-state index is -0.506. The van der Waals surface area contributed by atoms with E-state index in [-0.39, 0.29) is 12.2 Å². The van der Waals surface area contributed by atoms with Gasteiger partial charge in [-0.2, -0.15) is 0 Å². The van der Waals surface area contributed by atoms with Crippen LogP contribution in [0.5, 0.6) is 57.5 Å². The number of fused-ring (bicyclic) bond motifs is 6. The van der Waals surface area contributed by atoms with Crippen molar-refractivity contribution in [2.45, 2.75) is 6.92 Å². The van der Waals surface area contributed by atoms with Crippen LogP contribution in [0.3, 0.4) is 0 Å². The van der Waals surface area contributed by atoms with E-state index in [9.17, 15) is 4.79 Å². The van der Waals surface area contributed by atoms with Gasteiger partial charge in [-0.05, 0) is 136 Å². The molecule has 0 fully saturated rings. The topological polar surface area (TPSA) is 72.5 Å². The van der Waals surface area contributed by atoms with Crippen LogP contribution in [0.25, 0.3) is 32.3 Å². The van der Waals surface area contributed by atoms with Gasteiger partial charge in [0.1, 0.15) is 40.1 Å². The molecular weight excluding hydrogens is 725 g/mol. The molecule has 9 rings (SSSR count). The van der Waals surface area contributed by atoms with Crippen LogP contribution in [0.4, 0.5) is 0 Å². The van der Waals surface area contributed by atoms with E-state index in [1.54, 1.807) is 6.92 Å². The lowest BCUT2D eigenvalue weighted by Gasteiger charge is -2.20. The summed E-state index contributed by atoms with van der Waals surface area (Å²) in [6, 6.07) is 59.3. The first-order valence-corrected chi connectivity index (χ1v) is 19.0. The first kappa shape index (κ1) is 35.9. The molecule has 0 aromatic heterocycles. The summed E-state index contributed by atoms with van der Waals surface area (Å²) in [5, 5.41) is 4.85. The molecule has 0 unspecified atom stereocenters. The minimum absolute atomic E-state index is 0.194. The molecule has 0 N–H and O–H groups in total. The number of hydrogen-bond acceptors (Lipinski definition) is 7. The van der Waals surface area contributed by atoms with E-state index in [4.69, 9.17) is 28.4 Å². The van der Waals surface area contributed by atoms with Crippen molar-refractivity contribution in [3.8, 4) is 57.5 Å². The molecule has 0 aliphatic rings. The predicted molar refractivity (Wildman–Crippen MR) is 227 cm³/mol. The maximum atomic E-state index is 13.8. The van der Waals surface area contributed by atoms with E-state index in [0.29, 0.717) is 57.5 Å². The average molecular weight is 761 g/mol. The van der Waals surface area contributed by atoms with Gasteiger partial charge in [0.15, 0.2) is 23.0 Å². The van der Waals surface area contributed by atoms with E-state index in [1.165, 1.54) is 0 Å². The quantitative estimate of drug-likeness (QED) is 0.0907. The highest BCUT2D eigenvalue weighted by Crippen LogP contribution is 2.48. The van der Waals surface area contributed by atoms with Gasteiger partial charge in [-0.1, -0.05) is 91.0 Å². The Morgan fingerprint density at radius 2 is 0.586 bits per heavy atom. The first-order chi connectivity index (χ1) is 28.6. The van der Waals surface area contributed by atoms with Gasteiger partial charge < -0.3 is 28.4 Å². The second kappa shape index (κ2) is 16.1. The summed E-state index contributed by atoms with van der Waals surface area (Å²) in [6.45, 7) is 1.98. The van der Waals surface area contributed by atoms with Crippen LogP contribution in [-0.4, -0.2) is 12.6 Å². The summed E-state index contributed by atoms with van der Waals surface area (Å²) in [7, 11) is 0. The Morgan fingerprint density at radius 1 is 0.345 bits per heavy atom. The number of carbonyl (C=O) groups excluding carboxylic acids is 1. The second-order valence-electron chi connectivity index (χ2n) is 13.4. The predicted octanol–water partition coefficient (Wildman–Crippen LogP) is 14.3. The Hall–Kier alpha value is -7.77. The van der Waals surface area contributed by atoms with Gasteiger partial charge in [-0.15, -0.1) is 0 Å². The molecule has 0 spiro atoms. The van der Waals surface area contributed by atoms with Crippen molar-refractivity contribution >= 4 is 38.3 Å². The van der Waals surface area contributed by atoms with E-state index in [0.717, 1.165) is 32.3 Å². The normalized spacial score (nSPS) is 11.0. The summed E-state index contributed by atoms with van der Waals surface area (Å²) in [5.74, 6) is 4.95. The van der Waals surface area contributed by atoms with Crippen molar-refractivity contribution < 1.29 is 33.2 Å². The summed E-state index contributed by atoms with van der Waals surface area (Å²) < 4.78 is 38.4. The summed E-state index contributed by atoms with van der Waals surface area (Å²) in [4.78, 5) is 13.8. The zero-order valence-corrected chi connectivity index (χ0v) is 31.5. The highest BCUT2D eigenvalue weighted by molar-refractivity contribution is 6.27. The van der Waals surface area contributed by atoms with E-state index in [2.05, 4.69) is 0 Å². The number of benzene rings is 9. The fourth-order valence-electron chi connectivity index (χ4n) is 6.89. The Balaban J connectivity index is 1.37. The number of ether oxygens (including phenoxy) is 6. The van der Waals surface area contributed by atoms with Crippen LogP contribution >= 0.6 is 0 Å². The maximum absolute atomic E-state index is 13.8. The largest absolute Gasteiger partial charge is 0.462 e. The highest BCUT2D eigenvalue weighted by atomic mass is 16.5. The third-order valence-corrected chi connectivity index (χ3v) is 9.51. The van der Waals surface area contributed by atoms with Crippen molar-refractivity contribution in [2.75, 3.05) is 6.61 Å².